The van der Waals surface area contributed by atoms with Crippen molar-refractivity contribution in [3.63, 3.8) is 0 Å². The second kappa shape index (κ2) is 9.22. The molecule has 2 heterocycles. The lowest BCUT2D eigenvalue weighted by atomic mass is 9.97. The predicted molar refractivity (Wildman–Crippen MR) is 111 cm³/mol. The minimum absolute atomic E-state index is 0.156. The average molecular weight is 399 g/mol. The van der Waals surface area contributed by atoms with Crippen LogP contribution >= 0.6 is 0 Å². The van der Waals surface area contributed by atoms with E-state index in [1.54, 1.807) is 31.4 Å². The van der Waals surface area contributed by atoms with E-state index in [0.29, 0.717) is 48.0 Å². The molecule has 3 amide bonds. The first-order valence-corrected chi connectivity index (χ1v) is 10.1. The second-order valence-corrected chi connectivity index (χ2v) is 7.76. The molecular formula is C22H29N3O4. The summed E-state index contributed by atoms with van der Waals surface area (Å²) in [5.41, 5.74) is 2.31. The third-order valence-electron chi connectivity index (χ3n) is 5.47. The molecule has 156 valence electrons. The molecule has 0 unspecified atom stereocenters. The number of hydrogen-bond donors (Lipinski definition) is 1. The highest BCUT2D eigenvalue weighted by molar-refractivity contribution is 6.35. The maximum absolute atomic E-state index is 13.2. The van der Waals surface area contributed by atoms with Crippen LogP contribution in [0.2, 0.25) is 0 Å². The molecule has 1 aromatic rings. The molecule has 2 aliphatic rings. The number of amides is 3. The molecular weight excluding hydrogens is 370 g/mol. The molecule has 1 fully saturated rings. The first-order valence-electron chi connectivity index (χ1n) is 10.1. The van der Waals surface area contributed by atoms with Crippen molar-refractivity contribution >= 4 is 29.0 Å². The van der Waals surface area contributed by atoms with Gasteiger partial charge in [-0.2, -0.15) is 0 Å². The Morgan fingerprint density at radius 2 is 1.79 bits per heavy atom. The van der Waals surface area contributed by atoms with Crippen molar-refractivity contribution in [1.82, 2.24) is 9.80 Å². The second-order valence-electron chi connectivity index (χ2n) is 7.76. The van der Waals surface area contributed by atoms with Crippen molar-refractivity contribution < 1.29 is 19.1 Å². The molecule has 0 aliphatic carbocycles. The first-order chi connectivity index (χ1) is 13.9. The summed E-state index contributed by atoms with van der Waals surface area (Å²) in [6, 6.07) is 7.09. The van der Waals surface area contributed by atoms with E-state index in [0.717, 1.165) is 25.9 Å². The highest BCUT2D eigenvalue weighted by atomic mass is 16.5. The van der Waals surface area contributed by atoms with Gasteiger partial charge in [0, 0.05) is 46.0 Å². The number of nitrogens with zero attached hydrogens (tertiary/aromatic N) is 2. The summed E-state index contributed by atoms with van der Waals surface area (Å²) in [4.78, 5) is 41.1. The number of imide groups is 1. The number of benzene rings is 1. The Kier molecular flexibility index (Phi) is 6.69. The van der Waals surface area contributed by atoms with Crippen LogP contribution in [0, 0.1) is 5.92 Å². The highest BCUT2D eigenvalue weighted by Crippen LogP contribution is 2.34. The van der Waals surface area contributed by atoms with Crippen molar-refractivity contribution in [3.05, 3.63) is 35.5 Å². The summed E-state index contributed by atoms with van der Waals surface area (Å²) in [6.07, 6.45) is 2.61. The number of rotatable bonds is 7. The van der Waals surface area contributed by atoms with E-state index in [1.165, 1.54) is 11.8 Å². The molecule has 3 rings (SSSR count). The number of carbonyl (C=O) groups excluding carboxylic acids is 3. The van der Waals surface area contributed by atoms with E-state index < -0.39 is 0 Å². The fourth-order valence-corrected chi connectivity index (χ4v) is 3.84. The van der Waals surface area contributed by atoms with Crippen molar-refractivity contribution in [2.75, 3.05) is 38.7 Å². The minimum Gasteiger partial charge on any atom is -0.385 e. The summed E-state index contributed by atoms with van der Waals surface area (Å²) in [6.45, 7) is 6.04. The van der Waals surface area contributed by atoms with Gasteiger partial charge in [0.25, 0.3) is 11.8 Å². The number of likely N-dealkylation sites (tertiary alicyclic amines) is 1. The van der Waals surface area contributed by atoms with E-state index >= 15 is 0 Å². The minimum atomic E-state index is -0.257. The predicted octanol–water partition coefficient (Wildman–Crippen LogP) is 2.49. The molecule has 0 spiro atoms. The Bertz CT molecular complexity index is 808. The Balaban J connectivity index is 1.93. The monoisotopic (exact) mass is 399 g/mol. The van der Waals surface area contributed by atoms with Gasteiger partial charge in [0.2, 0.25) is 5.91 Å². The van der Waals surface area contributed by atoms with Crippen LogP contribution in [0.15, 0.2) is 30.0 Å². The number of methoxy groups -OCH3 is 1. The molecule has 2 aliphatic heterocycles. The number of nitrogens with one attached hydrogen (secondary N) is 1. The zero-order valence-corrected chi connectivity index (χ0v) is 17.4. The van der Waals surface area contributed by atoms with Gasteiger partial charge in [-0.05, 0) is 42.9 Å². The smallest absolute Gasteiger partial charge is 0.277 e. The lowest BCUT2D eigenvalue weighted by molar-refractivity contribution is -0.137. The van der Waals surface area contributed by atoms with Gasteiger partial charge in [0.15, 0.2) is 0 Å². The normalized spacial score (nSPS) is 18.0. The topological polar surface area (TPSA) is 79.0 Å². The molecule has 0 bridgehead atoms. The summed E-state index contributed by atoms with van der Waals surface area (Å²) in [7, 11) is 1.61. The zero-order valence-electron chi connectivity index (χ0n) is 17.4. The Morgan fingerprint density at radius 3 is 2.38 bits per heavy atom. The standard InChI is InChI=1S/C22H29N3O4/c1-15-9-12-24(13-10-15)20-19(17-5-7-18(8-6-17)23-16(2)26)21(27)25(22(20)28)11-4-14-29-3/h5-8,15H,4,9-14H2,1-3H3,(H,23,26). The van der Waals surface area contributed by atoms with Crippen LogP contribution in [0.5, 0.6) is 0 Å². The third-order valence-corrected chi connectivity index (χ3v) is 5.47. The number of hydrogen-bond acceptors (Lipinski definition) is 5. The Hall–Kier alpha value is -2.67. The van der Waals surface area contributed by atoms with Crippen LogP contribution in [-0.2, 0) is 19.1 Å². The maximum atomic E-state index is 13.2. The van der Waals surface area contributed by atoms with E-state index in [2.05, 4.69) is 17.1 Å². The van der Waals surface area contributed by atoms with Crippen molar-refractivity contribution in [1.29, 1.82) is 0 Å². The van der Waals surface area contributed by atoms with E-state index in [4.69, 9.17) is 4.74 Å². The van der Waals surface area contributed by atoms with E-state index in [-0.39, 0.29) is 17.7 Å². The highest BCUT2D eigenvalue weighted by Gasteiger charge is 2.41. The zero-order chi connectivity index (χ0) is 21.0. The van der Waals surface area contributed by atoms with Gasteiger partial charge in [-0.1, -0.05) is 19.1 Å². The molecule has 0 atom stereocenters. The third kappa shape index (κ3) is 4.67. The molecule has 0 saturated carbocycles. The summed E-state index contributed by atoms with van der Waals surface area (Å²) in [5.74, 6) is -0.0117. The summed E-state index contributed by atoms with van der Waals surface area (Å²) >= 11 is 0. The van der Waals surface area contributed by atoms with Crippen LogP contribution < -0.4 is 5.32 Å². The van der Waals surface area contributed by atoms with Gasteiger partial charge in [-0.25, -0.2) is 0 Å². The van der Waals surface area contributed by atoms with Crippen LogP contribution in [0.3, 0.4) is 0 Å². The molecule has 1 saturated heterocycles. The SMILES string of the molecule is COCCCN1C(=O)C(c2ccc(NC(C)=O)cc2)=C(N2CCC(C)CC2)C1=O. The first kappa shape index (κ1) is 21.0. The van der Waals surface area contributed by atoms with Gasteiger partial charge in [0.1, 0.15) is 5.70 Å². The van der Waals surface area contributed by atoms with Crippen molar-refractivity contribution in [2.24, 2.45) is 5.92 Å². The lowest BCUT2D eigenvalue weighted by Gasteiger charge is -2.32. The fourth-order valence-electron chi connectivity index (χ4n) is 3.84. The van der Waals surface area contributed by atoms with Crippen LogP contribution in [-0.4, -0.2) is 60.9 Å². The fraction of sp³-hybridized carbons (Fsp3) is 0.500. The van der Waals surface area contributed by atoms with Crippen molar-refractivity contribution in [3.8, 4) is 0 Å². The number of carbonyl (C=O) groups is 3. The van der Waals surface area contributed by atoms with Crippen molar-refractivity contribution in [2.45, 2.75) is 33.1 Å². The lowest BCUT2D eigenvalue weighted by Crippen LogP contribution is -2.39. The molecule has 1 aromatic carbocycles. The quantitative estimate of drug-likeness (QED) is 0.563. The number of ether oxygens (including phenoxy) is 1. The van der Waals surface area contributed by atoms with Crippen LogP contribution in [0.4, 0.5) is 5.69 Å². The largest absolute Gasteiger partial charge is 0.385 e. The summed E-state index contributed by atoms with van der Waals surface area (Å²) < 4.78 is 5.08. The van der Waals surface area contributed by atoms with E-state index in [9.17, 15) is 14.4 Å². The summed E-state index contributed by atoms with van der Waals surface area (Å²) in [5, 5.41) is 2.72. The van der Waals surface area contributed by atoms with Crippen LogP contribution in [0.1, 0.15) is 38.7 Å². The number of piperidine rings is 1. The Labute approximate surface area is 171 Å². The van der Waals surface area contributed by atoms with Gasteiger partial charge < -0.3 is 15.0 Å². The molecule has 0 radical (unpaired) electrons. The van der Waals surface area contributed by atoms with Crippen LogP contribution in [0.25, 0.3) is 5.57 Å². The van der Waals surface area contributed by atoms with E-state index in [1.807, 2.05) is 0 Å². The Morgan fingerprint density at radius 1 is 1.14 bits per heavy atom. The average Bonchev–Trinajstić information content (AvgIpc) is 2.94. The van der Waals surface area contributed by atoms with Gasteiger partial charge in [-0.3, -0.25) is 19.3 Å². The maximum Gasteiger partial charge on any atom is 0.277 e. The molecule has 7 heteroatoms. The number of anilines is 1. The molecule has 29 heavy (non-hydrogen) atoms. The van der Waals surface area contributed by atoms with Gasteiger partial charge >= 0.3 is 0 Å². The molecule has 7 nitrogen and oxygen atoms in total. The molecule has 0 aromatic heterocycles. The molecule has 1 N–H and O–H groups in total. The van der Waals surface area contributed by atoms with Gasteiger partial charge in [-0.15, -0.1) is 0 Å². The van der Waals surface area contributed by atoms with Gasteiger partial charge in [0.05, 0.1) is 5.57 Å².